The number of nitrogens with one attached hydrogen (secondary N) is 1. The van der Waals surface area contributed by atoms with Crippen LogP contribution in [0.1, 0.15) is 5.56 Å². The molecule has 28 heavy (non-hydrogen) atoms. The minimum Gasteiger partial charge on any atom is -0.446 e. The molecule has 0 atom stereocenters. The van der Waals surface area contributed by atoms with Gasteiger partial charge < -0.3 is 9.73 Å². The Kier molecular flexibility index (Phi) is 6.45. The molecule has 3 aromatic rings. The Hall–Kier alpha value is -2.27. The number of aromatic nitrogens is 3. The van der Waals surface area contributed by atoms with Crippen molar-refractivity contribution in [1.29, 1.82) is 0 Å². The molecule has 6 nitrogen and oxygen atoms in total. The van der Waals surface area contributed by atoms with Crippen LogP contribution >= 0.6 is 27.7 Å². The number of hydrogen-bond donors (Lipinski definition) is 1. The first-order valence-electron chi connectivity index (χ1n) is 8.01. The number of hydrogen-bond acceptors (Lipinski definition) is 5. The first-order chi connectivity index (χ1) is 13.3. The van der Waals surface area contributed by atoms with Crippen LogP contribution in [0.3, 0.4) is 0 Å². The molecule has 0 aliphatic rings. The van der Waals surface area contributed by atoms with Crippen LogP contribution in [0.4, 0.5) is 13.2 Å². The zero-order valence-electron chi connectivity index (χ0n) is 14.2. The SMILES string of the molecule is O=C(CSc1nnc(-c2ccc(Br)o2)n1Cc1ccccc1)NCC(F)(F)F. The minimum absolute atomic E-state index is 0.217. The number of benzene rings is 1. The molecule has 11 heteroatoms. The normalized spacial score (nSPS) is 11.6. The van der Waals surface area contributed by atoms with Crippen molar-refractivity contribution in [3.63, 3.8) is 0 Å². The van der Waals surface area contributed by atoms with Crippen LogP contribution in [0.2, 0.25) is 0 Å². The van der Waals surface area contributed by atoms with Crippen molar-refractivity contribution >= 4 is 33.6 Å². The second-order valence-corrected chi connectivity index (χ2v) is 7.39. The van der Waals surface area contributed by atoms with Crippen LogP contribution in [0, 0.1) is 0 Å². The predicted octanol–water partition coefficient (Wildman–Crippen LogP) is 4.12. The zero-order valence-corrected chi connectivity index (χ0v) is 16.6. The van der Waals surface area contributed by atoms with Gasteiger partial charge in [0, 0.05) is 0 Å². The smallest absolute Gasteiger partial charge is 0.405 e. The molecular weight excluding hydrogens is 461 g/mol. The third kappa shape index (κ3) is 5.61. The Morgan fingerprint density at radius 3 is 2.57 bits per heavy atom. The van der Waals surface area contributed by atoms with E-state index in [1.165, 1.54) is 0 Å². The summed E-state index contributed by atoms with van der Waals surface area (Å²) in [6, 6.07) is 13.0. The van der Waals surface area contributed by atoms with Crippen molar-refractivity contribution in [2.45, 2.75) is 17.9 Å². The fourth-order valence-electron chi connectivity index (χ4n) is 2.30. The summed E-state index contributed by atoms with van der Waals surface area (Å²) in [7, 11) is 0. The Labute approximate surface area is 170 Å². The Bertz CT molecular complexity index is 944. The van der Waals surface area contributed by atoms with E-state index in [-0.39, 0.29) is 5.75 Å². The van der Waals surface area contributed by atoms with E-state index in [1.807, 2.05) is 35.6 Å². The van der Waals surface area contributed by atoms with Gasteiger partial charge in [-0.05, 0) is 33.6 Å². The third-order valence-corrected chi connectivity index (χ3v) is 4.91. The van der Waals surface area contributed by atoms with Gasteiger partial charge in [-0.1, -0.05) is 42.1 Å². The van der Waals surface area contributed by atoms with Gasteiger partial charge in [0.15, 0.2) is 15.6 Å². The van der Waals surface area contributed by atoms with Gasteiger partial charge >= 0.3 is 6.18 Å². The number of amides is 1. The molecule has 1 amide bonds. The van der Waals surface area contributed by atoms with Gasteiger partial charge in [-0.3, -0.25) is 9.36 Å². The first-order valence-corrected chi connectivity index (χ1v) is 9.79. The van der Waals surface area contributed by atoms with Gasteiger partial charge in [0.25, 0.3) is 0 Å². The summed E-state index contributed by atoms with van der Waals surface area (Å²) in [5.41, 5.74) is 0.970. The molecule has 0 aliphatic heterocycles. The quantitative estimate of drug-likeness (QED) is 0.521. The molecule has 0 bridgehead atoms. The second kappa shape index (κ2) is 8.82. The van der Waals surface area contributed by atoms with Gasteiger partial charge in [-0.2, -0.15) is 13.2 Å². The molecule has 1 aromatic carbocycles. The molecule has 0 saturated carbocycles. The van der Waals surface area contributed by atoms with Crippen LogP contribution in [-0.4, -0.2) is 39.1 Å². The molecule has 0 fully saturated rings. The van der Waals surface area contributed by atoms with Crippen molar-refractivity contribution < 1.29 is 22.4 Å². The number of carbonyl (C=O) groups excluding carboxylic acids is 1. The fourth-order valence-corrected chi connectivity index (χ4v) is 3.37. The number of thioether (sulfide) groups is 1. The van der Waals surface area contributed by atoms with Crippen LogP contribution in [0.15, 0.2) is 56.7 Å². The van der Waals surface area contributed by atoms with E-state index in [4.69, 9.17) is 4.42 Å². The molecular formula is C17H14BrF3N4O2S. The summed E-state index contributed by atoms with van der Waals surface area (Å²) < 4.78 is 44.5. The van der Waals surface area contributed by atoms with Gasteiger partial charge in [-0.25, -0.2) is 0 Å². The van der Waals surface area contributed by atoms with Gasteiger partial charge in [0.05, 0.1) is 12.3 Å². The monoisotopic (exact) mass is 474 g/mol. The highest BCUT2D eigenvalue weighted by atomic mass is 79.9. The molecule has 0 unspecified atom stereocenters. The van der Waals surface area contributed by atoms with E-state index in [1.54, 1.807) is 16.7 Å². The lowest BCUT2D eigenvalue weighted by Crippen LogP contribution is -2.34. The molecule has 0 saturated heterocycles. The lowest BCUT2D eigenvalue weighted by Gasteiger charge is -2.10. The summed E-state index contributed by atoms with van der Waals surface area (Å²) in [6.45, 7) is -0.956. The number of alkyl halides is 3. The maximum atomic E-state index is 12.2. The molecule has 0 aliphatic carbocycles. The van der Waals surface area contributed by atoms with E-state index >= 15 is 0 Å². The number of carbonyl (C=O) groups is 1. The topological polar surface area (TPSA) is 73.0 Å². The number of furan rings is 1. The second-order valence-electron chi connectivity index (χ2n) is 5.66. The van der Waals surface area contributed by atoms with E-state index < -0.39 is 18.6 Å². The fraction of sp³-hybridized carbons (Fsp3) is 0.235. The van der Waals surface area contributed by atoms with E-state index in [0.717, 1.165) is 17.3 Å². The number of rotatable bonds is 7. The lowest BCUT2D eigenvalue weighted by molar-refractivity contribution is -0.136. The predicted molar refractivity (Wildman–Crippen MR) is 101 cm³/mol. The van der Waals surface area contributed by atoms with Crippen molar-refractivity contribution in [3.8, 4) is 11.6 Å². The molecule has 148 valence electrons. The largest absolute Gasteiger partial charge is 0.446 e. The standard InChI is InChI=1S/C17H14BrF3N4O2S/c18-13-7-6-12(27-13)15-23-24-16(25(15)8-11-4-2-1-3-5-11)28-9-14(26)22-10-17(19,20)21/h1-7H,8-10H2,(H,22,26). The Morgan fingerprint density at radius 1 is 1.18 bits per heavy atom. The van der Waals surface area contributed by atoms with E-state index in [2.05, 4.69) is 26.1 Å². The highest BCUT2D eigenvalue weighted by Crippen LogP contribution is 2.28. The molecule has 2 heterocycles. The average molecular weight is 475 g/mol. The van der Waals surface area contributed by atoms with Gasteiger partial charge in [0.2, 0.25) is 11.7 Å². The van der Waals surface area contributed by atoms with Crippen molar-refractivity contribution in [2.75, 3.05) is 12.3 Å². The van der Waals surface area contributed by atoms with Crippen LogP contribution in [0.5, 0.6) is 0 Å². The highest BCUT2D eigenvalue weighted by molar-refractivity contribution is 9.10. The Morgan fingerprint density at radius 2 is 1.93 bits per heavy atom. The summed E-state index contributed by atoms with van der Waals surface area (Å²) in [5.74, 6) is -0.0273. The summed E-state index contributed by atoms with van der Waals surface area (Å²) in [6.07, 6.45) is -4.45. The lowest BCUT2D eigenvalue weighted by atomic mass is 10.2. The van der Waals surface area contributed by atoms with Crippen molar-refractivity contribution in [1.82, 2.24) is 20.1 Å². The molecule has 0 radical (unpaired) electrons. The molecule has 0 spiro atoms. The summed E-state index contributed by atoms with van der Waals surface area (Å²) in [4.78, 5) is 11.7. The highest BCUT2D eigenvalue weighted by Gasteiger charge is 2.27. The number of nitrogens with zero attached hydrogens (tertiary/aromatic N) is 3. The van der Waals surface area contributed by atoms with E-state index in [0.29, 0.717) is 28.0 Å². The zero-order chi connectivity index (χ0) is 20.1. The van der Waals surface area contributed by atoms with Crippen LogP contribution in [0.25, 0.3) is 11.6 Å². The molecule has 3 rings (SSSR count). The van der Waals surface area contributed by atoms with Crippen LogP contribution < -0.4 is 5.32 Å². The van der Waals surface area contributed by atoms with Crippen LogP contribution in [-0.2, 0) is 11.3 Å². The molecule has 2 aromatic heterocycles. The van der Waals surface area contributed by atoms with Gasteiger partial charge in [0.1, 0.15) is 6.54 Å². The summed E-state index contributed by atoms with van der Waals surface area (Å²) in [5, 5.41) is 10.4. The maximum Gasteiger partial charge on any atom is 0.405 e. The molecule has 1 N–H and O–H groups in total. The average Bonchev–Trinajstić information content (AvgIpc) is 3.24. The number of halogens is 4. The van der Waals surface area contributed by atoms with E-state index in [9.17, 15) is 18.0 Å². The maximum absolute atomic E-state index is 12.2. The first kappa shape index (κ1) is 20.5. The third-order valence-electron chi connectivity index (χ3n) is 3.51. The van der Waals surface area contributed by atoms with Crippen molar-refractivity contribution in [3.05, 3.63) is 52.7 Å². The Balaban J connectivity index is 1.78. The van der Waals surface area contributed by atoms with Crippen molar-refractivity contribution in [2.24, 2.45) is 0 Å². The minimum atomic E-state index is -4.45. The summed E-state index contributed by atoms with van der Waals surface area (Å²) >= 11 is 4.24. The van der Waals surface area contributed by atoms with Gasteiger partial charge in [-0.15, -0.1) is 10.2 Å².